The van der Waals surface area contributed by atoms with Crippen molar-refractivity contribution >= 4 is 0 Å². The quantitative estimate of drug-likeness (QED) is 0.743. The summed E-state index contributed by atoms with van der Waals surface area (Å²) >= 11 is 0. The SMILES string of the molecule is CC1(C)O[C@H]2CCCC[C@H]2[C@@H](c2ccccc2)O1. The van der Waals surface area contributed by atoms with Crippen LogP contribution in [0.2, 0.25) is 0 Å². The zero-order valence-corrected chi connectivity index (χ0v) is 11.3. The predicted octanol–water partition coefficient (Wildman–Crippen LogP) is 4.07. The number of hydrogen-bond acceptors (Lipinski definition) is 2. The number of fused-ring (bicyclic) bond motifs is 1. The smallest absolute Gasteiger partial charge is 0.163 e. The Hall–Kier alpha value is -0.860. The molecule has 98 valence electrons. The van der Waals surface area contributed by atoms with E-state index in [1.165, 1.54) is 31.2 Å². The van der Waals surface area contributed by atoms with Crippen LogP contribution in [0.25, 0.3) is 0 Å². The van der Waals surface area contributed by atoms with Crippen LogP contribution >= 0.6 is 0 Å². The van der Waals surface area contributed by atoms with E-state index in [2.05, 4.69) is 30.3 Å². The third-order valence-electron chi connectivity index (χ3n) is 4.12. The van der Waals surface area contributed by atoms with Gasteiger partial charge < -0.3 is 9.47 Å². The molecule has 1 aliphatic heterocycles. The highest BCUT2D eigenvalue weighted by Gasteiger charge is 2.44. The molecular formula is C16H22O2. The van der Waals surface area contributed by atoms with Gasteiger partial charge in [0.2, 0.25) is 0 Å². The second kappa shape index (κ2) is 4.67. The number of rotatable bonds is 1. The van der Waals surface area contributed by atoms with Crippen LogP contribution in [0.3, 0.4) is 0 Å². The summed E-state index contributed by atoms with van der Waals surface area (Å²) in [5.41, 5.74) is 1.30. The molecule has 1 saturated heterocycles. The molecule has 2 aliphatic rings. The van der Waals surface area contributed by atoms with Gasteiger partial charge in [-0.15, -0.1) is 0 Å². The van der Waals surface area contributed by atoms with E-state index >= 15 is 0 Å². The minimum absolute atomic E-state index is 0.195. The standard InChI is InChI=1S/C16H22O2/c1-16(2)17-14-11-7-6-10-13(14)15(18-16)12-8-4-3-5-9-12/h3-5,8-9,13-15H,6-7,10-11H2,1-2H3/t13-,14+,15-/m1/s1. The van der Waals surface area contributed by atoms with Gasteiger partial charge in [-0.05, 0) is 32.3 Å². The molecule has 3 rings (SSSR count). The van der Waals surface area contributed by atoms with Crippen LogP contribution in [-0.2, 0) is 9.47 Å². The van der Waals surface area contributed by atoms with Crippen molar-refractivity contribution in [1.82, 2.24) is 0 Å². The molecule has 0 amide bonds. The molecule has 1 aromatic rings. The Morgan fingerprint density at radius 2 is 1.72 bits per heavy atom. The van der Waals surface area contributed by atoms with E-state index in [0.717, 1.165) is 0 Å². The molecule has 0 aromatic heterocycles. The zero-order valence-electron chi connectivity index (χ0n) is 11.3. The van der Waals surface area contributed by atoms with E-state index in [0.29, 0.717) is 12.0 Å². The first-order chi connectivity index (χ1) is 8.66. The largest absolute Gasteiger partial charge is 0.347 e. The molecule has 1 saturated carbocycles. The van der Waals surface area contributed by atoms with Crippen LogP contribution in [0.15, 0.2) is 30.3 Å². The van der Waals surface area contributed by atoms with Gasteiger partial charge in [0.15, 0.2) is 5.79 Å². The van der Waals surface area contributed by atoms with Crippen molar-refractivity contribution in [2.75, 3.05) is 0 Å². The highest BCUT2D eigenvalue weighted by atomic mass is 16.7. The fourth-order valence-corrected chi connectivity index (χ4v) is 3.36. The molecule has 2 fully saturated rings. The van der Waals surface area contributed by atoms with Gasteiger partial charge in [0, 0.05) is 5.92 Å². The van der Waals surface area contributed by atoms with Crippen molar-refractivity contribution in [2.45, 2.75) is 57.5 Å². The third-order valence-corrected chi connectivity index (χ3v) is 4.12. The fraction of sp³-hybridized carbons (Fsp3) is 0.625. The van der Waals surface area contributed by atoms with Crippen molar-refractivity contribution < 1.29 is 9.47 Å². The summed E-state index contributed by atoms with van der Waals surface area (Å²) in [6.07, 6.45) is 5.56. The van der Waals surface area contributed by atoms with E-state index in [1.807, 2.05) is 13.8 Å². The molecular weight excluding hydrogens is 224 g/mol. The van der Waals surface area contributed by atoms with Gasteiger partial charge in [-0.25, -0.2) is 0 Å². The molecule has 0 radical (unpaired) electrons. The molecule has 0 unspecified atom stereocenters. The second-order valence-electron chi connectivity index (χ2n) is 5.95. The first-order valence-corrected chi connectivity index (χ1v) is 7.06. The molecule has 0 N–H and O–H groups in total. The molecule has 0 spiro atoms. The Labute approximate surface area is 109 Å². The second-order valence-corrected chi connectivity index (χ2v) is 5.95. The van der Waals surface area contributed by atoms with Gasteiger partial charge in [0.25, 0.3) is 0 Å². The topological polar surface area (TPSA) is 18.5 Å². The number of benzene rings is 1. The van der Waals surface area contributed by atoms with Gasteiger partial charge in [-0.3, -0.25) is 0 Å². The Balaban J connectivity index is 1.90. The Kier molecular flexibility index (Phi) is 3.16. The van der Waals surface area contributed by atoms with Crippen molar-refractivity contribution in [3.63, 3.8) is 0 Å². The van der Waals surface area contributed by atoms with E-state index in [4.69, 9.17) is 9.47 Å². The summed E-state index contributed by atoms with van der Waals surface area (Å²) in [6.45, 7) is 4.07. The first-order valence-electron chi connectivity index (χ1n) is 7.06. The average molecular weight is 246 g/mol. The Morgan fingerprint density at radius 3 is 2.50 bits per heavy atom. The van der Waals surface area contributed by atoms with Gasteiger partial charge in [-0.1, -0.05) is 43.2 Å². The van der Waals surface area contributed by atoms with Crippen LogP contribution in [0, 0.1) is 5.92 Å². The average Bonchev–Trinajstić information content (AvgIpc) is 2.38. The van der Waals surface area contributed by atoms with Crippen LogP contribution in [-0.4, -0.2) is 11.9 Å². The molecule has 2 heteroatoms. The summed E-state index contributed by atoms with van der Waals surface area (Å²) in [4.78, 5) is 0. The summed E-state index contributed by atoms with van der Waals surface area (Å²) in [5.74, 6) is 0.0631. The molecule has 3 atom stereocenters. The van der Waals surface area contributed by atoms with Gasteiger partial charge in [0.05, 0.1) is 12.2 Å². The van der Waals surface area contributed by atoms with Gasteiger partial charge in [0.1, 0.15) is 0 Å². The van der Waals surface area contributed by atoms with E-state index < -0.39 is 5.79 Å². The maximum atomic E-state index is 6.21. The summed E-state index contributed by atoms with van der Waals surface area (Å²) < 4.78 is 12.3. The third kappa shape index (κ3) is 2.32. The summed E-state index contributed by atoms with van der Waals surface area (Å²) in [7, 11) is 0. The van der Waals surface area contributed by atoms with Crippen molar-refractivity contribution in [1.29, 1.82) is 0 Å². The van der Waals surface area contributed by atoms with Gasteiger partial charge in [-0.2, -0.15) is 0 Å². The normalized spacial score (nSPS) is 34.9. The van der Waals surface area contributed by atoms with Crippen molar-refractivity contribution in [2.24, 2.45) is 5.92 Å². The molecule has 18 heavy (non-hydrogen) atoms. The predicted molar refractivity (Wildman–Crippen MR) is 71.2 cm³/mol. The maximum Gasteiger partial charge on any atom is 0.163 e. The highest BCUT2D eigenvalue weighted by molar-refractivity contribution is 5.19. The Morgan fingerprint density at radius 1 is 1.00 bits per heavy atom. The summed E-state index contributed by atoms with van der Waals surface area (Å²) in [5, 5.41) is 0. The van der Waals surface area contributed by atoms with E-state index in [1.54, 1.807) is 0 Å². The lowest BCUT2D eigenvalue weighted by Gasteiger charge is -2.48. The Bertz CT molecular complexity index is 399. The van der Waals surface area contributed by atoms with E-state index in [-0.39, 0.29) is 6.10 Å². The fourth-order valence-electron chi connectivity index (χ4n) is 3.36. The van der Waals surface area contributed by atoms with Crippen LogP contribution in [0.5, 0.6) is 0 Å². The number of hydrogen-bond donors (Lipinski definition) is 0. The minimum atomic E-state index is -0.459. The summed E-state index contributed by atoms with van der Waals surface area (Å²) in [6, 6.07) is 10.6. The minimum Gasteiger partial charge on any atom is -0.347 e. The lowest BCUT2D eigenvalue weighted by molar-refractivity contribution is -0.329. The molecule has 1 heterocycles. The zero-order chi connectivity index (χ0) is 12.6. The van der Waals surface area contributed by atoms with Crippen molar-refractivity contribution in [3.8, 4) is 0 Å². The van der Waals surface area contributed by atoms with Gasteiger partial charge >= 0.3 is 0 Å². The molecule has 1 aromatic carbocycles. The lowest BCUT2D eigenvalue weighted by Crippen LogP contribution is -2.48. The van der Waals surface area contributed by atoms with Crippen molar-refractivity contribution in [3.05, 3.63) is 35.9 Å². The maximum absolute atomic E-state index is 6.21. The molecule has 0 bridgehead atoms. The number of ether oxygens (including phenoxy) is 2. The molecule has 2 nitrogen and oxygen atoms in total. The van der Waals surface area contributed by atoms with Crippen LogP contribution < -0.4 is 0 Å². The molecule has 1 aliphatic carbocycles. The van der Waals surface area contributed by atoms with E-state index in [9.17, 15) is 0 Å². The lowest BCUT2D eigenvalue weighted by atomic mass is 9.79. The van der Waals surface area contributed by atoms with Crippen LogP contribution in [0.1, 0.15) is 51.2 Å². The highest BCUT2D eigenvalue weighted by Crippen LogP contribution is 2.45. The first kappa shape index (κ1) is 12.2. The van der Waals surface area contributed by atoms with Crippen LogP contribution in [0.4, 0.5) is 0 Å². The monoisotopic (exact) mass is 246 g/mol.